The van der Waals surface area contributed by atoms with E-state index < -0.39 is 10.0 Å². The molecule has 0 aliphatic rings. The molecule has 1 aromatic heterocycles. The second-order valence-corrected chi connectivity index (χ2v) is 4.54. The normalized spacial score (nSPS) is 12.1. The van der Waals surface area contributed by atoms with Gasteiger partial charge < -0.3 is 4.52 Å². The van der Waals surface area contributed by atoms with Crippen LogP contribution in [0.4, 0.5) is 0 Å². The SMILES string of the molecule is NS(=O)(=O)Cc1onc2ccccc12. The second-order valence-electron chi connectivity index (χ2n) is 2.93. The fourth-order valence-electron chi connectivity index (χ4n) is 1.23. The van der Waals surface area contributed by atoms with Gasteiger partial charge in [-0.25, -0.2) is 13.6 Å². The molecule has 2 aromatic rings. The largest absolute Gasteiger partial charge is 0.359 e. The number of hydrogen-bond acceptors (Lipinski definition) is 4. The molecular formula is C8H8N2O3S. The fraction of sp³-hybridized carbons (Fsp3) is 0.125. The number of hydrogen-bond donors (Lipinski definition) is 1. The maximum atomic E-state index is 10.8. The van der Waals surface area contributed by atoms with Crippen molar-refractivity contribution in [3.63, 3.8) is 0 Å². The van der Waals surface area contributed by atoms with E-state index in [1.54, 1.807) is 24.3 Å². The van der Waals surface area contributed by atoms with Gasteiger partial charge >= 0.3 is 0 Å². The summed E-state index contributed by atoms with van der Waals surface area (Å²) in [6.45, 7) is 0. The molecule has 0 saturated carbocycles. The number of sulfonamides is 1. The third-order valence-electron chi connectivity index (χ3n) is 1.79. The van der Waals surface area contributed by atoms with E-state index in [0.717, 1.165) is 0 Å². The van der Waals surface area contributed by atoms with Gasteiger partial charge in [0.15, 0.2) is 5.76 Å². The summed E-state index contributed by atoms with van der Waals surface area (Å²) in [4.78, 5) is 0. The molecule has 1 aromatic carbocycles. The molecular weight excluding hydrogens is 204 g/mol. The number of primary sulfonamides is 1. The van der Waals surface area contributed by atoms with Crippen LogP contribution in [-0.4, -0.2) is 13.6 Å². The lowest BCUT2D eigenvalue weighted by atomic mass is 10.2. The van der Waals surface area contributed by atoms with Crippen LogP contribution in [0.3, 0.4) is 0 Å². The molecule has 0 amide bonds. The van der Waals surface area contributed by atoms with E-state index >= 15 is 0 Å². The first-order valence-corrected chi connectivity index (χ1v) is 5.61. The van der Waals surface area contributed by atoms with Crippen LogP contribution in [0.5, 0.6) is 0 Å². The Bertz CT molecular complexity index is 559. The Balaban J connectivity index is 2.54. The van der Waals surface area contributed by atoms with Gasteiger partial charge in [-0.2, -0.15) is 0 Å². The molecule has 2 rings (SSSR count). The first-order chi connectivity index (χ1) is 6.56. The highest BCUT2D eigenvalue weighted by atomic mass is 32.2. The third kappa shape index (κ3) is 1.75. The van der Waals surface area contributed by atoms with Crippen LogP contribution in [0, 0.1) is 0 Å². The van der Waals surface area contributed by atoms with Crippen molar-refractivity contribution in [1.29, 1.82) is 0 Å². The third-order valence-corrected chi connectivity index (χ3v) is 2.46. The van der Waals surface area contributed by atoms with Gasteiger partial charge in [0.05, 0.1) is 0 Å². The lowest BCUT2D eigenvalue weighted by molar-refractivity contribution is 0.400. The minimum atomic E-state index is -3.57. The number of rotatable bonds is 2. The van der Waals surface area contributed by atoms with Gasteiger partial charge in [0, 0.05) is 5.39 Å². The predicted octanol–water partition coefficient (Wildman–Crippen LogP) is 0.616. The summed E-state index contributed by atoms with van der Waals surface area (Å²) in [5, 5.41) is 9.29. The molecule has 6 heteroatoms. The first-order valence-electron chi connectivity index (χ1n) is 3.90. The number of fused-ring (bicyclic) bond motifs is 1. The van der Waals surface area contributed by atoms with Crippen LogP contribution in [0.15, 0.2) is 28.8 Å². The van der Waals surface area contributed by atoms with Crippen LogP contribution in [0.2, 0.25) is 0 Å². The zero-order valence-corrected chi connectivity index (χ0v) is 7.99. The highest BCUT2D eigenvalue weighted by Gasteiger charge is 2.13. The average Bonchev–Trinajstić information content (AvgIpc) is 2.47. The van der Waals surface area contributed by atoms with Gasteiger partial charge in [0.1, 0.15) is 11.3 Å². The lowest BCUT2D eigenvalue weighted by Crippen LogP contribution is -2.14. The Morgan fingerprint density at radius 1 is 1.36 bits per heavy atom. The van der Waals surface area contributed by atoms with Crippen molar-refractivity contribution < 1.29 is 12.9 Å². The molecule has 0 spiro atoms. The molecule has 0 fully saturated rings. The smallest absolute Gasteiger partial charge is 0.216 e. The molecule has 0 radical (unpaired) electrons. The molecule has 5 nitrogen and oxygen atoms in total. The van der Waals surface area contributed by atoms with Crippen LogP contribution < -0.4 is 5.14 Å². The second kappa shape index (κ2) is 3.07. The van der Waals surface area contributed by atoms with Gasteiger partial charge in [-0.3, -0.25) is 0 Å². The van der Waals surface area contributed by atoms with E-state index in [-0.39, 0.29) is 11.5 Å². The molecule has 0 bridgehead atoms. The van der Waals surface area contributed by atoms with Crippen LogP contribution in [0.25, 0.3) is 10.9 Å². The Labute approximate surface area is 80.5 Å². The first kappa shape index (κ1) is 9.17. The highest BCUT2D eigenvalue weighted by molar-refractivity contribution is 7.88. The van der Waals surface area contributed by atoms with E-state index in [0.29, 0.717) is 10.9 Å². The summed E-state index contributed by atoms with van der Waals surface area (Å²) < 4.78 is 26.5. The molecule has 0 aliphatic carbocycles. The van der Waals surface area contributed by atoms with E-state index in [9.17, 15) is 8.42 Å². The van der Waals surface area contributed by atoms with Crippen molar-refractivity contribution in [3.05, 3.63) is 30.0 Å². The average molecular weight is 212 g/mol. The van der Waals surface area contributed by atoms with Gasteiger partial charge in [-0.05, 0) is 12.1 Å². The zero-order valence-electron chi connectivity index (χ0n) is 7.17. The zero-order chi connectivity index (χ0) is 10.2. The molecule has 0 aliphatic heterocycles. The minimum Gasteiger partial charge on any atom is -0.359 e. The van der Waals surface area contributed by atoms with E-state index in [2.05, 4.69) is 5.16 Å². The van der Waals surface area contributed by atoms with Gasteiger partial charge in [-0.1, -0.05) is 17.3 Å². The molecule has 74 valence electrons. The maximum absolute atomic E-state index is 10.8. The van der Waals surface area contributed by atoms with Gasteiger partial charge in [-0.15, -0.1) is 0 Å². The monoisotopic (exact) mass is 212 g/mol. The predicted molar refractivity (Wildman–Crippen MR) is 50.8 cm³/mol. The molecule has 0 atom stereocenters. The molecule has 0 saturated heterocycles. The topological polar surface area (TPSA) is 86.2 Å². The van der Waals surface area contributed by atoms with Crippen molar-refractivity contribution in [2.24, 2.45) is 5.14 Å². The summed E-state index contributed by atoms with van der Waals surface area (Å²) in [5.74, 6) is -0.0452. The minimum absolute atomic E-state index is 0.281. The standard InChI is InChI=1S/C8H8N2O3S/c9-14(11,12)5-8-6-3-1-2-4-7(6)10-13-8/h1-4H,5H2,(H2,9,11,12). The van der Waals surface area contributed by atoms with Crippen molar-refractivity contribution in [3.8, 4) is 0 Å². The van der Waals surface area contributed by atoms with Crippen LogP contribution in [-0.2, 0) is 15.8 Å². The van der Waals surface area contributed by atoms with Gasteiger partial charge in [0.25, 0.3) is 0 Å². The molecule has 0 unspecified atom stereocenters. The summed E-state index contributed by atoms with van der Waals surface area (Å²) in [6.07, 6.45) is 0. The van der Waals surface area contributed by atoms with Crippen LogP contribution in [0.1, 0.15) is 5.76 Å². The Kier molecular flexibility index (Phi) is 2.01. The Morgan fingerprint density at radius 3 is 2.79 bits per heavy atom. The van der Waals surface area contributed by atoms with Crippen molar-refractivity contribution in [1.82, 2.24) is 5.16 Å². The number of aromatic nitrogens is 1. The quantitative estimate of drug-likeness (QED) is 0.790. The molecule has 1 heterocycles. The number of benzene rings is 1. The van der Waals surface area contributed by atoms with Crippen molar-refractivity contribution in [2.75, 3.05) is 0 Å². The molecule has 14 heavy (non-hydrogen) atoms. The van der Waals surface area contributed by atoms with Crippen molar-refractivity contribution in [2.45, 2.75) is 5.75 Å². The summed E-state index contributed by atoms with van der Waals surface area (Å²) >= 11 is 0. The summed E-state index contributed by atoms with van der Waals surface area (Å²) in [7, 11) is -3.57. The van der Waals surface area contributed by atoms with Crippen molar-refractivity contribution >= 4 is 20.9 Å². The molecule has 2 N–H and O–H groups in total. The van der Waals surface area contributed by atoms with E-state index in [1.165, 1.54) is 0 Å². The van der Waals surface area contributed by atoms with Gasteiger partial charge in [0.2, 0.25) is 10.0 Å². The number of nitrogens with zero attached hydrogens (tertiary/aromatic N) is 1. The summed E-state index contributed by atoms with van der Waals surface area (Å²) in [5.41, 5.74) is 0.631. The maximum Gasteiger partial charge on any atom is 0.216 e. The van der Waals surface area contributed by atoms with E-state index in [1.807, 2.05) is 0 Å². The fourth-order valence-corrected chi connectivity index (χ4v) is 1.80. The highest BCUT2D eigenvalue weighted by Crippen LogP contribution is 2.18. The Morgan fingerprint density at radius 2 is 2.07 bits per heavy atom. The number of nitrogens with two attached hydrogens (primary N) is 1. The van der Waals surface area contributed by atoms with Crippen LogP contribution >= 0.6 is 0 Å². The lowest BCUT2D eigenvalue weighted by Gasteiger charge is -1.92. The van der Waals surface area contributed by atoms with E-state index in [4.69, 9.17) is 9.66 Å². The Hall–Kier alpha value is -1.40. The summed E-state index contributed by atoms with van der Waals surface area (Å²) in [6, 6.07) is 7.07.